The molecule has 1 atom stereocenters. The quantitative estimate of drug-likeness (QED) is 0.785. The van der Waals surface area contributed by atoms with Crippen LogP contribution in [0.5, 0.6) is 0 Å². The molecule has 0 N–H and O–H groups in total. The van der Waals surface area contributed by atoms with Gasteiger partial charge < -0.3 is 14.2 Å². The van der Waals surface area contributed by atoms with E-state index in [1.165, 1.54) is 19.3 Å². The first-order valence-corrected chi connectivity index (χ1v) is 9.59. The van der Waals surface area contributed by atoms with Gasteiger partial charge in [0.1, 0.15) is 11.6 Å². The summed E-state index contributed by atoms with van der Waals surface area (Å²) in [6.07, 6.45) is 8.43. The van der Waals surface area contributed by atoms with Gasteiger partial charge in [0.05, 0.1) is 18.2 Å². The highest BCUT2D eigenvalue weighted by molar-refractivity contribution is 5.89. The van der Waals surface area contributed by atoms with Gasteiger partial charge in [-0.05, 0) is 44.7 Å². The lowest BCUT2D eigenvalue weighted by molar-refractivity contribution is 0.0526. The van der Waals surface area contributed by atoms with Crippen LogP contribution < -0.4 is 4.90 Å². The average Bonchev–Trinajstić information content (AvgIpc) is 3.23. The number of hydrogen-bond donors (Lipinski definition) is 0. The number of esters is 1. The summed E-state index contributed by atoms with van der Waals surface area (Å²) in [4.78, 5) is 18.6. The average molecular weight is 355 g/mol. The molecule has 7 heteroatoms. The van der Waals surface area contributed by atoms with E-state index in [1.54, 1.807) is 19.2 Å². The lowest BCUT2D eigenvalue weighted by Gasteiger charge is -2.25. The van der Waals surface area contributed by atoms with Crippen LogP contribution in [0, 0.1) is 0 Å². The second-order valence-corrected chi connectivity index (χ2v) is 6.91. The van der Waals surface area contributed by atoms with Gasteiger partial charge in [-0.1, -0.05) is 6.42 Å². The number of aryl methyl sites for hydroxylation is 1. The van der Waals surface area contributed by atoms with Crippen molar-refractivity contribution >= 4 is 11.8 Å². The van der Waals surface area contributed by atoms with E-state index >= 15 is 0 Å². The summed E-state index contributed by atoms with van der Waals surface area (Å²) in [6.45, 7) is 4.12. The van der Waals surface area contributed by atoms with Crippen molar-refractivity contribution < 1.29 is 9.53 Å². The highest BCUT2D eigenvalue weighted by atomic mass is 16.5. The van der Waals surface area contributed by atoms with Gasteiger partial charge in [0.25, 0.3) is 0 Å². The van der Waals surface area contributed by atoms with Crippen LogP contribution in [0.1, 0.15) is 67.1 Å². The number of hydrogen-bond acceptors (Lipinski definition) is 6. The van der Waals surface area contributed by atoms with Crippen molar-refractivity contribution in [2.24, 2.45) is 0 Å². The fourth-order valence-electron chi connectivity index (χ4n) is 3.95. The first kappa shape index (κ1) is 17.0. The first-order chi connectivity index (χ1) is 12.8. The molecule has 2 aliphatic rings. The second kappa shape index (κ2) is 7.43. The Balaban J connectivity index is 1.57. The molecule has 4 rings (SSSR count). The van der Waals surface area contributed by atoms with Gasteiger partial charge in [-0.3, -0.25) is 0 Å². The van der Waals surface area contributed by atoms with E-state index < -0.39 is 0 Å². The molecule has 2 aromatic heterocycles. The molecule has 2 aromatic rings. The Morgan fingerprint density at radius 1 is 1.19 bits per heavy atom. The molecule has 0 aliphatic carbocycles. The van der Waals surface area contributed by atoms with Gasteiger partial charge in [-0.2, -0.15) is 0 Å². The number of pyridine rings is 1. The van der Waals surface area contributed by atoms with Crippen LogP contribution in [-0.4, -0.2) is 38.9 Å². The van der Waals surface area contributed by atoms with Gasteiger partial charge in [-0.25, -0.2) is 9.78 Å². The van der Waals surface area contributed by atoms with Crippen LogP contribution in [0.4, 0.5) is 5.82 Å². The predicted octanol–water partition coefficient (Wildman–Crippen LogP) is 2.92. The lowest BCUT2D eigenvalue weighted by atomic mass is 10.2. The molecule has 0 spiro atoms. The Morgan fingerprint density at radius 2 is 2.12 bits per heavy atom. The maximum atomic E-state index is 11.8. The van der Waals surface area contributed by atoms with E-state index in [9.17, 15) is 4.79 Å². The van der Waals surface area contributed by atoms with Crippen molar-refractivity contribution in [1.29, 1.82) is 0 Å². The molecule has 2 aliphatic heterocycles. The SMILES string of the molecule is CCOC(=O)c1ccc(N2CCC[C@H]2c2nnc3n2CCCCC3)nc1. The minimum atomic E-state index is -0.327. The molecular formula is C19H25N5O2. The molecule has 0 radical (unpaired) electrons. The maximum absolute atomic E-state index is 11.8. The minimum absolute atomic E-state index is 0.204. The van der Waals surface area contributed by atoms with Crippen LogP contribution >= 0.6 is 0 Å². The molecule has 1 saturated heterocycles. The zero-order chi connectivity index (χ0) is 17.9. The summed E-state index contributed by atoms with van der Waals surface area (Å²) in [5.74, 6) is 2.74. The summed E-state index contributed by atoms with van der Waals surface area (Å²) in [5.41, 5.74) is 0.489. The van der Waals surface area contributed by atoms with E-state index in [-0.39, 0.29) is 12.0 Å². The third-order valence-electron chi connectivity index (χ3n) is 5.24. The van der Waals surface area contributed by atoms with Crippen molar-refractivity contribution in [2.45, 2.75) is 58.0 Å². The molecule has 0 unspecified atom stereocenters. The molecule has 26 heavy (non-hydrogen) atoms. The van der Waals surface area contributed by atoms with Crippen LogP contribution in [0.2, 0.25) is 0 Å². The van der Waals surface area contributed by atoms with Gasteiger partial charge in [0.2, 0.25) is 0 Å². The summed E-state index contributed by atoms with van der Waals surface area (Å²) >= 11 is 0. The highest BCUT2D eigenvalue weighted by Crippen LogP contribution is 2.35. The first-order valence-electron chi connectivity index (χ1n) is 9.59. The van der Waals surface area contributed by atoms with Crippen LogP contribution in [0.25, 0.3) is 0 Å². The molecule has 0 aromatic carbocycles. The number of nitrogens with zero attached hydrogens (tertiary/aromatic N) is 5. The van der Waals surface area contributed by atoms with Gasteiger partial charge in [-0.15, -0.1) is 10.2 Å². The number of aromatic nitrogens is 4. The van der Waals surface area contributed by atoms with E-state index in [0.717, 1.165) is 49.8 Å². The van der Waals surface area contributed by atoms with Crippen LogP contribution in [0.15, 0.2) is 18.3 Å². The number of ether oxygens (including phenoxy) is 1. The summed E-state index contributed by atoms with van der Waals surface area (Å²) in [7, 11) is 0. The van der Waals surface area contributed by atoms with E-state index in [1.807, 2.05) is 6.07 Å². The molecule has 4 heterocycles. The number of rotatable bonds is 4. The Bertz CT molecular complexity index is 771. The third kappa shape index (κ3) is 3.18. The van der Waals surface area contributed by atoms with Crippen LogP contribution in [-0.2, 0) is 17.7 Å². The number of carbonyl (C=O) groups is 1. The van der Waals surface area contributed by atoms with Crippen molar-refractivity contribution in [3.63, 3.8) is 0 Å². The van der Waals surface area contributed by atoms with Gasteiger partial charge in [0.15, 0.2) is 5.82 Å². The van der Waals surface area contributed by atoms with Crippen molar-refractivity contribution in [2.75, 3.05) is 18.1 Å². The normalized spacial score (nSPS) is 19.9. The summed E-state index contributed by atoms with van der Waals surface area (Å²) < 4.78 is 7.36. The fraction of sp³-hybridized carbons (Fsp3) is 0.579. The number of fused-ring (bicyclic) bond motifs is 1. The van der Waals surface area contributed by atoms with E-state index in [2.05, 4.69) is 24.6 Å². The Kier molecular flexibility index (Phi) is 4.86. The molecule has 0 saturated carbocycles. The fourth-order valence-corrected chi connectivity index (χ4v) is 3.95. The molecule has 138 valence electrons. The monoisotopic (exact) mass is 355 g/mol. The smallest absolute Gasteiger partial charge is 0.339 e. The standard InChI is InChI=1S/C19H25N5O2/c1-2-26-19(25)14-9-10-16(20-13-14)23-12-6-7-15(23)18-22-21-17-8-4-3-5-11-24(17)18/h9-10,13,15H,2-8,11-12H2,1H3/t15-/m0/s1. The Labute approximate surface area is 153 Å². The lowest BCUT2D eigenvalue weighted by Crippen LogP contribution is -2.26. The zero-order valence-corrected chi connectivity index (χ0v) is 15.2. The van der Waals surface area contributed by atoms with Crippen molar-refractivity contribution in [1.82, 2.24) is 19.7 Å². The molecule has 0 bridgehead atoms. The Morgan fingerprint density at radius 3 is 2.92 bits per heavy atom. The zero-order valence-electron chi connectivity index (χ0n) is 15.2. The second-order valence-electron chi connectivity index (χ2n) is 6.91. The van der Waals surface area contributed by atoms with Crippen molar-refractivity contribution in [3.05, 3.63) is 35.5 Å². The summed E-state index contributed by atoms with van der Waals surface area (Å²) in [5, 5.41) is 8.99. The van der Waals surface area contributed by atoms with Crippen LogP contribution in [0.3, 0.4) is 0 Å². The van der Waals surface area contributed by atoms with E-state index in [4.69, 9.17) is 4.74 Å². The maximum Gasteiger partial charge on any atom is 0.339 e. The molecule has 7 nitrogen and oxygen atoms in total. The molecular weight excluding hydrogens is 330 g/mol. The third-order valence-corrected chi connectivity index (χ3v) is 5.24. The summed E-state index contributed by atoms with van der Waals surface area (Å²) in [6, 6.07) is 3.90. The minimum Gasteiger partial charge on any atom is -0.462 e. The molecule has 1 fully saturated rings. The van der Waals surface area contributed by atoms with E-state index in [0.29, 0.717) is 12.2 Å². The number of carbonyl (C=O) groups excluding carboxylic acids is 1. The topological polar surface area (TPSA) is 73.1 Å². The Hall–Kier alpha value is -2.44. The highest BCUT2D eigenvalue weighted by Gasteiger charge is 2.32. The predicted molar refractivity (Wildman–Crippen MR) is 97.1 cm³/mol. The van der Waals surface area contributed by atoms with Gasteiger partial charge >= 0.3 is 5.97 Å². The van der Waals surface area contributed by atoms with Gasteiger partial charge in [0, 0.05) is 25.7 Å². The number of anilines is 1. The largest absolute Gasteiger partial charge is 0.462 e. The molecule has 0 amide bonds. The van der Waals surface area contributed by atoms with Crippen molar-refractivity contribution in [3.8, 4) is 0 Å².